The van der Waals surface area contributed by atoms with Gasteiger partial charge in [-0.1, -0.05) is 6.92 Å². The van der Waals surface area contributed by atoms with Crippen LogP contribution in [0.5, 0.6) is 5.75 Å². The molecule has 0 aliphatic heterocycles. The molecule has 17 heavy (non-hydrogen) atoms. The fourth-order valence-corrected chi connectivity index (χ4v) is 1.37. The minimum Gasteiger partial charge on any atom is -0.495 e. The first kappa shape index (κ1) is 13.3. The molecular weight excluding hydrogens is 218 g/mol. The summed E-state index contributed by atoms with van der Waals surface area (Å²) < 4.78 is 5.15. The summed E-state index contributed by atoms with van der Waals surface area (Å²) in [6, 6.07) is 5.14. The van der Waals surface area contributed by atoms with Gasteiger partial charge in [-0.05, 0) is 31.8 Å². The minimum absolute atomic E-state index is 0.0850. The van der Waals surface area contributed by atoms with Gasteiger partial charge in [-0.2, -0.15) is 0 Å². The number of nitrogens with two attached hydrogens (primary N) is 1. The quantitative estimate of drug-likeness (QED) is 0.754. The number of likely N-dealkylation sites (N-methyl/N-ethyl adjacent to an activating group) is 1. The number of carbonyl (C=O) groups excluding carboxylic acids is 1. The molecule has 1 amide bonds. The number of methoxy groups -OCH3 is 1. The summed E-state index contributed by atoms with van der Waals surface area (Å²) in [7, 11) is 3.44. The van der Waals surface area contributed by atoms with E-state index in [1.165, 1.54) is 0 Å². The SMILES string of the molecule is CCN(C)CC(=O)Nc1cc(N)ccc1OC. The summed E-state index contributed by atoms with van der Waals surface area (Å²) in [5.74, 6) is 0.518. The lowest BCUT2D eigenvalue weighted by molar-refractivity contribution is -0.117. The van der Waals surface area contributed by atoms with Crippen molar-refractivity contribution < 1.29 is 9.53 Å². The molecule has 5 nitrogen and oxygen atoms in total. The smallest absolute Gasteiger partial charge is 0.238 e. The van der Waals surface area contributed by atoms with Crippen LogP contribution in [-0.2, 0) is 4.79 Å². The van der Waals surface area contributed by atoms with E-state index in [1.54, 1.807) is 25.3 Å². The van der Waals surface area contributed by atoms with E-state index in [-0.39, 0.29) is 5.91 Å². The lowest BCUT2D eigenvalue weighted by Gasteiger charge is -2.15. The van der Waals surface area contributed by atoms with Crippen molar-refractivity contribution in [2.75, 3.05) is 38.3 Å². The molecule has 0 saturated carbocycles. The molecule has 0 aromatic heterocycles. The van der Waals surface area contributed by atoms with E-state index in [4.69, 9.17) is 10.5 Å². The van der Waals surface area contributed by atoms with Gasteiger partial charge in [0.25, 0.3) is 0 Å². The van der Waals surface area contributed by atoms with Gasteiger partial charge in [0.2, 0.25) is 5.91 Å². The monoisotopic (exact) mass is 237 g/mol. The zero-order valence-corrected chi connectivity index (χ0v) is 10.5. The highest BCUT2D eigenvalue weighted by Crippen LogP contribution is 2.26. The van der Waals surface area contributed by atoms with Gasteiger partial charge < -0.3 is 15.8 Å². The predicted octanol–water partition coefficient (Wildman–Crippen LogP) is 1.17. The Balaban J connectivity index is 2.73. The summed E-state index contributed by atoms with van der Waals surface area (Å²) in [6.07, 6.45) is 0. The maximum Gasteiger partial charge on any atom is 0.238 e. The summed E-state index contributed by atoms with van der Waals surface area (Å²) >= 11 is 0. The normalized spacial score (nSPS) is 10.4. The topological polar surface area (TPSA) is 67.6 Å². The van der Waals surface area contributed by atoms with Gasteiger partial charge in [-0.3, -0.25) is 9.69 Å². The maximum atomic E-state index is 11.7. The molecule has 1 rings (SSSR count). The van der Waals surface area contributed by atoms with E-state index in [9.17, 15) is 4.79 Å². The Morgan fingerprint density at radius 1 is 1.53 bits per heavy atom. The second kappa shape index (κ2) is 6.10. The first-order valence-electron chi connectivity index (χ1n) is 5.48. The average molecular weight is 237 g/mol. The third-order valence-electron chi connectivity index (χ3n) is 2.45. The van der Waals surface area contributed by atoms with Gasteiger partial charge in [0, 0.05) is 5.69 Å². The Morgan fingerprint density at radius 2 is 2.24 bits per heavy atom. The van der Waals surface area contributed by atoms with Gasteiger partial charge in [0.05, 0.1) is 19.3 Å². The number of amides is 1. The summed E-state index contributed by atoms with van der Waals surface area (Å²) in [5.41, 5.74) is 6.86. The van der Waals surface area contributed by atoms with E-state index in [0.29, 0.717) is 23.7 Å². The van der Waals surface area contributed by atoms with E-state index in [0.717, 1.165) is 6.54 Å². The van der Waals surface area contributed by atoms with Crippen molar-refractivity contribution in [2.45, 2.75) is 6.92 Å². The van der Waals surface area contributed by atoms with Crippen LogP contribution in [-0.4, -0.2) is 38.1 Å². The molecule has 0 spiro atoms. The third-order valence-corrected chi connectivity index (χ3v) is 2.45. The second-order valence-electron chi connectivity index (χ2n) is 3.84. The molecule has 0 heterocycles. The van der Waals surface area contributed by atoms with Gasteiger partial charge in [0.15, 0.2) is 0 Å². The number of nitrogens with zero attached hydrogens (tertiary/aromatic N) is 1. The standard InChI is InChI=1S/C12H19N3O2/c1-4-15(2)8-12(16)14-10-7-9(13)5-6-11(10)17-3/h5-7H,4,8,13H2,1-3H3,(H,14,16). The zero-order chi connectivity index (χ0) is 12.8. The van der Waals surface area contributed by atoms with Crippen molar-refractivity contribution in [1.29, 1.82) is 0 Å². The number of anilines is 2. The van der Waals surface area contributed by atoms with Crippen LogP contribution in [0, 0.1) is 0 Å². The number of ether oxygens (including phenoxy) is 1. The molecule has 0 aliphatic carbocycles. The van der Waals surface area contributed by atoms with Crippen molar-refractivity contribution in [3.63, 3.8) is 0 Å². The molecule has 94 valence electrons. The van der Waals surface area contributed by atoms with Crippen molar-refractivity contribution in [3.05, 3.63) is 18.2 Å². The molecule has 5 heteroatoms. The largest absolute Gasteiger partial charge is 0.495 e. The Morgan fingerprint density at radius 3 is 2.82 bits per heavy atom. The second-order valence-corrected chi connectivity index (χ2v) is 3.84. The molecule has 1 aromatic rings. The van der Waals surface area contributed by atoms with Crippen LogP contribution in [0.4, 0.5) is 11.4 Å². The van der Waals surface area contributed by atoms with Crippen LogP contribution in [0.25, 0.3) is 0 Å². The fraction of sp³-hybridized carbons (Fsp3) is 0.417. The zero-order valence-electron chi connectivity index (χ0n) is 10.5. The first-order chi connectivity index (χ1) is 8.06. The van der Waals surface area contributed by atoms with E-state index >= 15 is 0 Å². The lowest BCUT2D eigenvalue weighted by Crippen LogP contribution is -2.30. The van der Waals surface area contributed by atoms with Gasteiger partial charge in [-0.15, -0.1) is 0 Å². The molecule has 0 unspecified atom stereocenters. The molecule has 0 saturated heterocycles. The highest BCUT2D eigenvalue weighted by Gasteiger charge is 2.09. The van der Waals surface area contributed by atoms with Crippen molar-refractivity contribution in [3.8, 4) is 5.75 Å². The number of carbonyl (C=O) groups is 1. The van der Waals surface area contributed by atoms with E-state index < -0.39 is 0 Å². The van der Waals surface area contributed by atoms with Crippen LogP contribution < -0.4 is 15.8 Å². The van der Waals surface area contributed by atoms with Crippen molar-refractivity contribution >= 4 is 17.3 Å². The molecule has 0 atom stereocenters. The first-order valence-corrected chi connectivity index (χ1v) is 5.48. The Hall–Kier alpha value is -1.75. The molecular formula is C12H19N3O2. The third kappa shape index (κ3) is 3.96. The van der Waals surface area contributed by atoms with Crippen molar-refractivity contribution in [1.82, 2.24) is 4.90 Å². The molecule has 0 bridgehead atoms. The van der Waals surface area contributed by atoms with Crippen molar-refractivity contribution in [2.24, 2.45) is 0 Å². The molecule has 0 aliphatic rings. The number of nitrogens with one attached hydrogen (secondary N) is 1. The molecule has 0 fully saturated rings. The van der Waals surface area contributed by atoms with Gasteiger partial charge in [0.1, 0.15) is 5.75 Å². The summed E-state index contributed by atoms with van der Waals surface area (Å²) in [4.78, 5) is 13.6. The Kier molecular flexibility index (Phi) is 4.78. The van der Waals surface area contributed by atoms with Gasteiger partial charge >= 0.3 is 0 Å². The number of hydrogen-bond acceptors (Lipinski definition) is 4. The van der Waals surface area contributed by atoms with Crippen LogP contribution in [0.1, 0.15) is 6.92 Å². The van der Waals surface area contributed by atoms with Crippen LogP contribution in [0.15, 0.2) is 18.2 Å². The highest BCUT2D eigenvalue weighted by atomic mass is 16.5. The Bertz CT molecular complexity index is 393. The maximum absolute atomic E-state index is 11.7. The lowest BCUT2D eigenvalue weighted by atomic mass is 10.2. The number of hydrogen-bond donors (Lipinski definition) is 2. The predicted molar refractivity (Wildman–Crippen MR) is 69.2 cm³/mol. The average Bonchev–Trinajstić information content (AvgIpc) is 2.29. The number of rotatable bonds is 5. The van der Waals surface area contributed by atoms with Crippen LogP contribution in [0.2, 0.25) is 0 Å². The summed E-state index contributed by atoms with van der Waals surface area (Å²) in [5, 5.41) is 2.78. The molecule has 1 aromatic carbocycles. The summed E-state index contributed by atoms with van der Waals surface area (Å²) in [6.45, 7) is 3.16. The minimum atomic E-state index is -0.0850. The Labute approximate surface area is 102 Å². The van der Waals surface area contributed by atoms with E-state index in [2.05, 4.69) is 5.32 Å². The number of nitrogen functional groups attached to an aromatic ring is 1. The van der Waals surface area contributed by atoms with Gasteiger partial charge in [-0.25, -0.2) is 0 Å². The molecule has 0 radical (unpaired) electrons. The molecule has 3 N–H and O–H groups in total. The number of benzene rings is 1. The fourth-order valence-electron chi connectivity index (χ4n) is 1.37. The van der Waals surface area contributed by atoms with Crippen LogP contribution in [0.3, 0.4) is 0 Å². The highest BCUT2D eigenvalue weighted by molar-refractivity contribution is 5.94. The van der Waals surface area contributed by atoms with E-state index in [1.807, 2.05) is 18.9 Å². The van der Waals surface area contributed by atoms with Crippen LogP contribution >= 0.6 is 0 Å².